The molecule has 6 nitrogen and oxygen atoms in total. The van der Waals surface area contributed by atoms with E-state index in [9.17, 15) is 4.79 Å². The predicted molar refractivity (Wildman–Crippen MR) is 62.5 cm³/mol. The Morgan fingerprint density at radius 2 is 2.25 bits per heavy atom. The molecule has 0 spiro atoms. The molecule has 0 saturated carbocycles. The largest absolute Gasteiger partial charge is 0.368 e. The zero-order valence-electron chi connectivity index (χ0n) is 9.42. The third kappa shape index (κ3) is 1.95. The van der Waals surface area contributed by atoms with Gasteiger partial charge in [-0.2, -0.15) is 9.98 Å². The lowest BCUT2D eigenvalue weighted by Crippen LogP contribution is -2.40. The molecule has 0 bridgehead atoms. The van der Waals surface area contributed by atoms with E-state index >= 15 is 0 Å². The third-order valence-electron chi connectivity index (χ3n) is 2.53. The number of nitrogens with zero attached hydrogens (tertiary/aromatic N) is 4. The molecule has 2 aliphatic heterocycles. The fraction of sp³-hybridized carbons (Fsp3) is 0.600. The molecule has 0 aromatic carbocycles. The Morgan fingerprint density at radius 1 is 1.50 bits per heavy atom. The van der Waals surface area contributed by atoms with Gasteiger partial charge in [0, 0.05) is 6.54 Å². The van der Waals surface area contributed by atoms with E-state index in [0.29, 0.717) is 11.8 Å². The van der Waals surface area contributed by atoms with Gasteiger partial charge < -0.3 is 10.6 Å². The third-order valence-corrected chi connectivity index (χ3v) is 2.53. The summed E-state index contributed by atoms with van der Waals surface area (Å²) in [5.41, 5.74) is 5.46. The van der Waals surface area contributed by atoms with Crippen LogP contribution in [0.2, 0.25) is 0 Å². The van der Waals surface area contributed by atoms with Crippen molar-refractivity contribution in [3.05, 3.63) is 0 Å². The first-order chi connectivity index (χ1) is 7.58. The van der Waals surface area contributed by atoms with Crippen molar-refractivity contribution in [2.45, 2.75) is 26.3 Å². The number of nitrogens with two attached hydrogens (primary N) is 1. The molecule has 2 N–H and O–H groups in total. The number of amidine groups is 1. The van der Waals surface area contributed by atoms with E-state index in [4.69, 9.17) is 5.73 Å². The average Bonchev–Trinajstić information content (AvgIpc) is 2.58. The molecule has 2 heterocycles. The normalized spacial score (nSPS) is 23.6. The van der Waals surface area contributed by atoms with Gasteiger partial charge in [-0.05, 0) is 12.3 Å². The van der Waals surface area contributed by atoms with Crippen LogP contribution < -0.4 is 5.73 Å². The van der Waals surface area contributed by atoms with Gasteiger partial charge in [-0.1, -0.05) is 13.8 Å². The smallest absolute Gasteiger partial charge is 0.281 e. The van der Waals surface area contributed by atoms with Crippen molar-refractivity contribution in [3.63, 3.8) is 0 Å². The maximum absolute atomic E-state index is 11.5. The van der Waals surface area contributed by atoms with E-state index in [1.807, 2.05) is 4.90 Å². The van der Waals surface area contributed by atoms with Crippen LogP contribution in [0.1, 0.15) is 20.3 Å². The Kier molecular flexibility index (Phi) is 2.72. The monoisotopic (exact) mass is 221 g/mol. The topological polar surface area (TPSA) is 83.4 Å². The molecule has 0 fully saturated rings. The van der Waals surface area contributed by atoms with E-state index in [-0.39, 0.29) is 11.9 Å². The van der Waals surface area contributed by atoms with Crippen molar-refractivity contribution in [2.24, 2.45) is 26.6 Å². The summed E-state index contributed by atoms with van der Waals surface area (Å²) in [6, 6.07) is -0.570. The van der Waals surface area contributed by atoms with Gasteiger partial charge in [0.05, 0.1) is 6.34 Å². The van der Waals surface area contributed by atoms with Crippen molar-refractivity contribution in [3.8, 4) is 0 Å². The minimum atomic E-state index is -0.570. The Balaban J connectivity index is 2.11. The number of hydrogen-bond donors (Lipinski definition) is 1. The number of aliphatic imine (C=N–C) groups is 3. The second-order valence-electron chi connectivity index (χ2n) is 4.32. The minimum absolute atomic E-state index is 0.0243. The summed E-state index contributed by atoms with van der Waals surface area (Å²) in [4.78, 5) is 25.1. The molecule has 86 valence electrons. The Bertz CT molecular complexity index is 396. The highest BCUT2D eigenvalue weighted by Crippen LogP contribution is 2.14. The van der Waals surface area contributed by atoms with Gasteiger partial charge in [0.2, 0.25) is 5.96 Å². The van der Waals surface area contributed by atoms with Crippen LogP contribution in [0.25, 0.3) is 0 Å². The first-order valence-corrected chi connectivity index (χ1v) is 5.34. The molecule has 0 aromatic rings. The number of rotatable bonds is 3. The molecule has 0 unspecified atom stereocenters. The molecule has 6 heteroatoms. The van der Waals surface area contributed by atoms with Gasteiger partial charge in [0.1, 0.15) is 5.84 Å². The van der Waals surface area contributed by atoms with Crippen molar-refractivity contribution in [2.75, 3.05) is 6.54 Å². The highest BCUT2D eigenvalue weighted by Gasteiger charge is 2.34. The molecule has 1 atom stereocenters. The first-order valence-electron chi connectivity index (χ1n) is 5.34. The summed E-state index contributed by atoms with van der Waals surface area (Å²) in [6.07, 6.45) is 2.67. The van der Waals surface area contributed by atoms with Gasteiger partial charge in [-0.15, -0.1) is 0 Å². The van der Waals surface area contributed by atoms with E-state index in [2.05, 4.69) is 28.8 Å². The molecule has 2 aliphatic rings. The molecule has 0 aliphatic carbocycles. The van der Waals surface area contributed by atoms with E-state index < -0.39 is 6.04 Å². The van der Waals surface area contributed by atoms with Crippen LogP contribution in [-0.4, -0.2) is 41.5 Å². The predicted octanol–water partition coefficient (Wildman–Crippen LogP) is -0.00160. The SMILES string of the molecule is CC(C)CCN1C=N[C@@H]2C(=O)N=C(N)N=C21. The van der Waals surface area contributed by atoms with E-state index in [1.165, 1.54) is 0 Å². The number of amides is 1. The minimum Gasteiger partial charge on any atom is -0.368 e. The van der Waals surface area contributed by atoms with E-state index in [1.54, 1.807) is 6.34 Å². The summed E-state index contributed by atoms with van der Waals surface area (Å²) >= 11 is 0. The summed E-state index contributed by atoms with van der Waals surface area (Å²) in [7, 11) is 0. The van der Waals surface area contributed by atoms with Crippen LogP contribution in [0.3, 0.4) is 0 Å². The first kappa shape index (κ1) is 10.8. The number of carbonyl (C=O) groups is 1. The molecule has 1 amide bonds. The molecule has 2 rings (SSSR count). The van der Waals surface area contributed by atoms with Crippen LogP contribution in [0.5, 0.6) is 0 Å². The average molecular weight is 221 g/mol. The highest BCUT2D eigenvalue weighted by molar-refractivity contribution is 6.21. The van der Waals surface area contributed by atoms with Crippen molar-refractivity contribution in [1.82, 2.24) is 4.90 Å². The van der Waals surface area contributed by atoms with Gasteiger partial charge in [-0.3, -0.25) is 9.79 Å². The van der Waals surface area contributed by atoms with Crippen molar-refractivity contribution < 1.29 is 4.79 Å². The van der Waals surface area contributed by atoms with Crippen LogP contribution in [0, 0.1) is 5.92 Å². The Labute approximate surface area is 94.0 Å². The van der Waals surface area contributed by atoms with Crippen LogP contribution >= 0.6 is 0 Å². The number of carbonyl (C=O) groups excluding carboxylic acids is 1. The molecule has 0 aromatic heterocycles. The zero-order valence-corrected chi connectivity index (χ0v) is 9.42. The molecule has 0 radical (unpaired) electrons. The Hall–Kier alpha value is -1.72. The lowest BCUT2D eigenvalue weighted by atomic mass is 10.1. The van der Waals surface area contributed by atoms with E-state index in [0.717, 1.165) is 13.0 Å². The summed E-state index contributed by atoms with van der Waals surface area (Å²) < 4.78 is 0. The van der Waals surface area contributed by atoms with Crippen LogP contribution in [-0.2, 0) is 4.79 Å². The zero-order chi connectivity index (χ0) is 11.7. The maximum atomic E-state index is 11.5. The summed E-state index contributed by atoms with van der Waals surface area (Å²) in [5, 5.41) is 0. The molecule has 0 saturated heterocycles. The molecular formula is C10H15N5O. The standard InChI is InChI=1S/C10H15N5O/c1-6(2)3-4-15-5-12-7-8(15)13-10(11)14-9(7)16/h5-7H,3-4H2,1-2H3,(H2,11,14,16)/t7-/m0/s1. The fourth-order valence-corrected chi connectivity index (χ4v) is 1.62. The van der Waals surface area contributed by atoms with Crippen LogP contribution in [0.4, 0.5) is 0 Å². The second kappa shape index (κ2) is 4.03. The van der Waals surface area contributed by atoms with Crippen molar-refractivity contribution in [1.29, 1.82) is 0 Å². The lowest BCUT2D eigenvalue weighted by molar-refractivity contribution is -0.117. The number of guanidine groups is 1. The highest BCUT2D eigenvalue weighted by atomic mass is 16.2. The Morgan fingerprint density at radius 3 is 2.94 bits per heavy atom. The molecule has 16 heavy (non-hydrogen) atoms. The fourth-order valence-electron chi connectivity index (χ4n) is 1.62. The molecular weight excluding hydrogens is 206 g/mol. The van der Waals surface area contributed by atoms with Gasteiger partial charge in [0.15, 0.2) is 6.04 Å². The van der Waals surface area contributed by atoms with Crippen LogP contribution in [0.15, 0.2) is 15.0 Å². The lowest BCUT2D eigenvalue weighted by Gasteiger charge is -2.20. The van der Waals surface area contributed by atoms with Gasteiger partial charge in [0.25, 0.3) is 5.91 Å². The van der Waals surface area contributed by atoms with Crippen molar-refractivity contribution >= 4 is 24.0 Å². The summed E-state index contributed by atoms with van der Waals surface area (Å²) in [5.74, 6) is 0.901. The van der Waals surface area contributed by atoms with Gasteiger partial charge in [-0.25, -0.2) is 0 Å². The number of fused-ring (bicyclic) bond motifs is 1. The quantitative estimate of drug-likeness (QED) is 0.728. The van der Waals surface area contributed by atoms with Gasteiger partial charge >= 0.3 is 0 Å². The second-order valence-corrected chi connectivity index (χ2v) is 4.32. The summed E-state index contributed by atoms with van der Waals surface area (Å²) in [6.45, 7) is 5.10. The maximum Gasteiger partial charge on any atom is 0.281 e. The number of hydrogen-bond acceptors (Lipinski definition) is 5.